The third-order valence-corrected chi connectivity index (χ3v) is 4.42. The maximum atomic E-state index is 11.8. The van der Waals surface area contributed by atoms with E-state index in [-0.39, 0.29) is 6.09 Å². The van der Waals surface area contributed by atoms with Crippen LogP contribution in [0.4, 0.5) is 4.79 Å². The lowest BCUT2D eigenvalue weighted by Crippen LogP contribution is -2.54. The number of pyridine rings is 1. The van der Waals surface area contributed by atoms with Crippen molar-refractivity contribution < 1.29 is 9.53 Å². The molecule has 0 bridgehead atoms. The molecular formula is C18H27N7O2. The van der Waals surface area contributed by atoms with Gasteiger partial charge in [0.2, 0.25) is 0 Å². The second-order valence-electron chi connectivity index (χ2n) is 6.20. The van der Waals surface area contributed by atoms with Crippen molar-refractivity contribution in [3.05, 3.63) is 30.2 Å². The Morgan fingerprint density at radius 3 is 2.70 bits per heavy atom. The SMILES string of the molecule is CCNC(=NCCc1nnc2ccccn12)N1CCN(C(=O)OCC)CC1. The van der Waals surface area contributed by atoms with Crippen molar-refractivity contribution in [2.75, 3.05) is 45.9 Å². The van der Waals surface area contributed by atoms with Crippen molar-refractivity contribution in [3.63, 3.8) is 0 Å². The Morgan fingerprint density at radius 2 is 1.96 bits per heavy atom. The van der Waals surface area contributed by atoms with Crippen molar-refractivity contribution >= 4 is 17.7 Å². The molecule has 1 aliphatic heterocycles. The maximum absolute atomic E-state index is 11.8. The number of carbonyl (C=O) groups is 1. The Hall–Kier alpha value is -2.84. The van der Waals surface area contributed by atoms with Gasteiger partial charge in [-0.2, -0.15) is 0 Å². The Morgan fingerprint density at radius 1 is 1.19 bits per heavy atom. The summed E-state index contributed by atoms with van der Waals surface area (Å²) in [4.78, 5) is 20.5. The van der Waals surface area contributed by atoms with Crippen LogP contribution in [0.3, 0.4) is 0 Å². The number of nitrogens with one attached hydrogen (secondary N) is 1. The van der Waals surface area contributed by atoms with Crippen molar-refractivity contribution in [2.45, 2.75) is 20.3 Å². The number of hydrogen-bond acceptors (Lipinski definition) is 5. The zero-order valence-corrected chi connectivity index (χ0v) is 16.0. The van der Waals surface area contributed by atoms with Crippen LogP contribution in [0.5, 0.6) is 0 Å². The largest absolute Gasteiger partial charge is 0.450 e. The highest BCUT2D eigenvalue weighted by molar-refractivity contribution is 5.80. The quantitative estimate of drug-likeness (QED) is 0.622. The molecule has 1 aliphatic rings. The van der Waals surface area contributed by atoms with Gasteiger partial charge in [0.1, 0.15) is 5.82 Å². The van der Waals surface area contributed by atoms with Crippen LogP contribution in [-0.2, 0) is 11.2 Å². The molecule has 1 amide bonds. The molecule has 2 aromatic heterocycles. The second-order valence-corrected chi connectivity index (χ2v) is 6.20. The van der Waals surface area contributed by atoms with Gasteiger partial charge in [-0.3, -0.25) is 9.39 Å². The number of ether oxygens (including phenoxy) is 1. The lowest BCUT2D eigenvalue weighted by atomic mass is 10.3. The van der Waals surface area contributed by atoms with Gasteiger partial charge in [0.15, 0.2) is 11.6 Å². The predicted molar refractivity (Wildman–Crippen MR) is 103 cm³/mol. The van der Waals surface area contributed by atoms with Gasteiger partial charge in [-0.05, 0) is 26.0 Å². The number of fused-ring (bicyclic) bond motifs is 1. The number of amides is 1. The van der Waals surface area contributed by atoms with E-state index in [0.29, 0.717) is 32.7 Å². The molecule has 27 heavy (non-hydrogen) atoms. The van der Waals surface area contributed by atoms with Crippen LogP contribution >= 0.6 is 0 Å². The summed E-state index contributed by atoms with van der Waals surface area (Å²) in [7, 11) is 0. The monoisotopic (exact) mass is 373 g/mol. The standard InChI is InChI=1S/C18H27N7O2/c1-3-19-17(23-11-13-24(14-12-23)18(26)27-4-2)20-9-8-16-22-21-15-7-5-6-10-25(15)16/h5-7,10H,3-4,8-9,11-14H2,1-2H3,(H,19,20). The molecule has 146 valence electrons. The van der Waals surface area contributed by atoms with Crippen molar-refractivity contribution in [1.29, 1.82) is 0 Å². The summed E-state index contributed by atoms with van der Waals surface area (Å²) in [5.74, 6) is 1.77. The summed E-state index contributed by atoms with van der Waals surface area (Å²) in [6.45, 7) is 8.44. The minimum absolute atomic E-state index is 0.238. The molecule has 9 heteroatoms. The fraction of sp³-hybridized carbons (Fsp3) is 0.556. The van der Waals surface area contributed by atoms with Gasteiger partial charge in [-0.25, -0.2) is 4.79 Å². The first-order valence-corrected chi connectivity index (χ1v) is 9.46. The molecule has 1 fully saturated rings. The van der Waals surface area contributed by atoms with E-state index in [2.05, 4.69) is 27.3 Å². The molecule has 9 nitrogen and oxygen atoms in total. The Bertz CT molecular complexity index is 781. The van der Waals surface area contributed by atoms with Gasteiger partial charge < -0.3 is 19.9 Å². The lowest BCUT2D eigenvalue weighted by molar-refractivity contribution is 0.0914. The lowest BCUT2D eigenvalue weighted by Gasteiger charge is -2.35. The third-order valence-electron chi connectivity index (χ3n) is 4.42. The highest BCUT2D eigenvalue weighted by Crippen LogP contribution is 2.06. The van der Waals surface area contributed by atoms with E-state index < -0.39 is 0 Å². The van der Waals surface area contributed by atoms with Crippen LogP contribution < -0.4 is 5.32 Å². The second kappa shape index (κ2) is 9.20. The van der Waals surface area contributed by atoms with Crippen molar-refractivity contribution in [3.8, 4) is 0 Å². The Balaban J connectivity index is 1.58. The first-order valence-electron chi connectivity index (χ1n) is 9.46. The Labute approximate surface area is 159 Å². The minimum Gasteiger partial charge on any atom is -0.450 e. The smallest absolute Gasteiger partial charge is 0.409 e. The van der Waals surface area contributed by atoms with E-state index in [0.717, 1.165) is 37.1 Å². The topological polar surface area (TPSA) is 87.4 Å². The van der Waals surface area contributed by atoms with Gasteiger partial charge >= 0.3 is 6.09 Å². The molecule has 0 saturated carbocycles. The average molecular weight is 373 g/mol. The number of nitrogens with zero attached hydrogens (tertiary/aromatic N) is 6. The van der Waals surface area contributed by atoms with Gasteiger partial charge in [-0.15, -0.1) is 10.2 Å². The highest BCUT2D eigenvalue weighted by Gasteiger charge is 2.23. The molecule has 0 aliphatic carbocycles. The number of hydrogen-bond donors (Lipinski definition) is 1. The molecule has 1 saturated heterocycles. The van der Waals surface area contributed by atoms with Crippen LogP contribution in [-0.4, -0.2) is 82.3 Å². The van der Waals surface area contributed by atoms with Gasteiger partial charge in [-0.1, -0.05) is 6.07 Å². The third kappa shape index (κ3) is 4.66. The fourth-order valence-corrected chi connectivity index (χ4v) is 3.06. The number of aliphatic imine (C=N–C) groups is 1. The van der Waals surface area contributed by atoms with E-state index in [1.165, 1.54) is 0 Å². The van der Waals surface area contributed by atoms with E-state index >= 15 is 0 Å². The summed E-state index contributed by atoms with van der Waals surface area (Å²) in [5, 5.41) is 11.8. The molecule has 0 radical (unpaired) electrons. The van der Waals surface area contributed by atoms with E-state index in [1.54, 1.807) is 4.90 Å². The van der Waals surface area contributed by atoms with Gasteiger partial charge in [0.25, 0.3) is 0 Å². The fourth-order valence-electron chi connectivity index (χ4n) is 3.06. The normalized spacial score (nSPS) is 15.3. The van der Waals surface area contributed by atoms with Crippen LogP contribution in [0.1, 0.15) is 19.7 Å². The summed E-state index contributed by atoms with van der Waals surface area (Å²) in [6.07, 6.45) is 2.44. The molecule has 3 rings (SSSR count). The molecule has 1 N–H and O–H groups in total. The van der Waals surface area contributed by atoms with Crippen molar-refractivity contribution in [1.82, 2.24) is 29.7 Å². The van der Waals surface area contributed by atoms with Crippen LogP contribution in [0.15, 0.2) is 29.4 Å². The molecule has 0 aromatic carbocycles. The van der Waals surface area contributed by atoms with E-state index in [4.69, 9.17) is 9.73 Å². The number of guanidine groups is 1. The molecule has 0 unspecified atom stereocenters. The number of aromatic nitrogens is 3. The molecule has 0 atom stereocenters. The number of piperazine rings is 1. The van der Waals surface area contributed by atoms with Crippen LogP contribution in [0, 0.1) is 0 Å². The Kier molecular flexibility index (Phi) is 6.45. The van der Waals surface area contributed by atoms with E-state index in [9.17, 15) is 4.79 Å². The molecular weight excluding hydrogens is 346 g/mol. The summed E-state index contributed by atoms with van der Waals surface area (Å²) in [5.41, 5.74) is 0.846. The highest BCUT2D eigenvalue weighted by atomic mass is 16.6. The average Bonchev–Trinajstić information content (AvgIpc) is 3.11. The first kappa shape index (κ1) is 18.9. The van der Waals surface area contributed by atoms with Crippen LogP contribution in [0.25, 0.3) is 5.65 Å². The first-order chi connectivity index (χ1) is 13.2. The molecule has 0 spiro atoms. The summed E-state index contributed by atoms with van der Waals surface area (Å²) >= 11 is 0. The van der Waals surface area contributed by atoms with Crippen molar-refractivity contribution in [2.24, 2.45) is 4.99 Å². The van der Waals surface area contributed by atoms with Gasteiger partial charge in [0.05, 0.1) is 6.61 Å². The minimum atomic E-state index is -0.238. The predicted octanol–water partition coefficient (Wildman–Crippen LogP) is 1.01. The van der Waals surface area contributed by atoms with E-state index in [1.807, 2.05) is 35.7 Å². The van der Waals surface area contributed by atoms with Crippen LogP contribution in [0.2, 0.25) is 0 Å². The summed E-state index contributed by atoms with van der Waals surface area (Å²) < 4.78 is 7.06. The number of carbonyl (C=O) groups excluding carboxylic acids is 1. The molecule has 2 aromatic rings. The summed E-state index contributed by atoms with van der Waals surface area (Å²) in [6, 6.07) is 5.86. The maximum Gasteiger partial charge on any atom is 0.409 e. The van der Waals surface area contributed by atoms with Gasteiger partial charge in [0, 0.05) is 51.9 Å². The zero-order chi connectivity index (χ0) is 19.1. The zero-order valence-electron chi connectivity index (χ0n) is 16.0. The molecule has 3 heterocycles. The number of rotatable bonds is 5.